The van der Waals surface area contributed by atoms with E-state index in [1.165, 1.54) is 0 Å². The number of hydrogen-bond donors (Lipinski definition) is 3. The quantitative estimate of drug-likeness (QED) is 0.666. The maximum Gasteiger partial charge on any atom is 0.315 e. The summed E-state index contributed by atoms with van der Waals surface area (Å²) in [6.45, 7) is 2.26. The molecule has 0 radical (unpaired) electrons. The summed E-state index contributed by atoms with van der Waals surface area (Å²) < 4.78 is 4.93. The molecule has 0 aromatic rings. The van der Waals surface area contributed by atoms with Gasteiger partial charge in [-0.25, -0.2) is 4.79 Å². The molecule has 6 nitrogen and oxygen atoms in total. The smallest absolute Gasteiger partial charge is 0.315 e. The van der Waals surface area contributed by atoms with Gasteiger partial charge in [0.1, 0.15) is 0 Å². The number of ether oxygens (including phenoxy) is 1. The van der Waals surface area contributed by atoms with Crippen LogP contribution in [0.4, 0.5) is 4.79 Å². The standard InChI is InChI=1S/C12H22N2O4/c1-9(8-18-2)13-11(17)14-12(7-10(15)16)5-3-4-6-12/h9H,3-8H2,1-2H3,(H,15,16)(H2,13,14,17). The van der Waals surface area contributed by atoms with E-state index in [2.05, 4.69) is 10.6 Å². The Morgan fingerprint density at radius 3 is 2.50 bits per heavy atom. The first-order chi connectivity index (χ1) is 8.47. The molecule has 1 rings (SSSR count). The summed E-state index contributed by atoms with van der Waals surface area (Å²) in [6, 6.07) is -0.416. The number of amides is 2. The van der Waals surface area contributed by atoms with Crippen molar-refractivity contribution < 1.29 is 19.4 Å². The Kier molecular flexibility index (Phi) is 5.40. The number of rotatable bonds is 6. The first kappa shape index (κ1) is 14.8. The molecule has 1 aliphatic carbocycles. The molecule has 6 heteroatoms. The Hall–Kier alpha value is -1.30. The van der Waals surface area contributed by atoms with Crippen molar-refractivity contribution in [2.24, 2.45) is 0 Å². The third-order valence-corrected chi connectivity index (χ3v) is 3.22. The van der Waals surface area contributed by atoms with Crippen molar-refractivity contribution in [3.63, 3.8) is 0 Å². The van der Waals surface area contributed by atoms with Crippen molar-refractivity contribution >= 4 is 12.0 Å². The Bertz CT molecular complexity index is 300. The largest absolute Gasteiger partial charge is 0.481 e. The zero-order chi connectivity index (χ0) is 13.6. The highest BCUT2D eigenvalue weighted by Crippen LogP contribution is 2.32. The van der Waals surface area contributed by atoms with Gasteiger partial charge in [-0.3, -0.25) is 4.79 Å². The molecule has 0 spiro atoms. The lowest BCUT2D eigenvalue weighted by Gasteiger charge is -2.29. The van der Waals surface area contributed by atoms with Gasteiger partial charge >= 0.3 is 12.0 Å². The predicted molar refractivity (Wildman–Crippen MR) is 66.5 cm³/mol. The van der Waals surface area contributed by atoms with Gasteiger partial charge in [0, 0.05) is 7.11 Å². The number of nitrogens with one attached hydrogen (secondary N) is 2. The first-order valence-electron chi connectivity index (χ1n) is 6.27. The molecule has 3 N–H and O–H groups in total. The van der Waals surface area contributed by atoms with E-state index in [1.807, 2.05) is 6.92 Å². The molecule has 18 heavy (non-hydrogen) atoms. The van der Waals surface area contributed by atoms with E-state index in [-0.39, 0.29) is 18.5 Å². The Morgan fingerprint density at radius 1 is 1.39 bits per heavy atom. The zero-order valence-electron chi connectivity index (χ0n) is 11.0. The van der Waals surface area contributed by atoms with Gasteiger partial charge in [0.05, 0.1) is 24.6 Å². The van der Waals surface area contributed by atoms with Gasteiger partial charge in [0.2, 0.25) is 0 Å². The number of carbonyl (C=O) groups excluding carboxylic acids is 1. The van der Waals surface area contributed by atoms with Crippen LogP contribution in [0.25, 0.3) is 0 Å². The SMILES string of the molecule is COCC(C)NC(=O)NC1(CC(=O)O)CCCC1. The summed E-state index contributed by atoms with van der Waals surface area (Å²) >= 11 is 0. The topological polar surface area (TPSA) is 87.7 Å². The van der Waals surface area contributed by atoms with Crippen molar-refractivity contribution in [1.29, 1.82) is 0 Å². The fraction of sp³-hybridized carbons (Fsp3) is 0.833. The predicted octanol–water partition coefficient (Wildman–Crippen LogP) is 1.11. The van der Waals surface area contributed by atoms with Crippen LogP contribution in [0.1, 0.15) is 39.0 Å². The van der Waals surface area contributed by atoms with Crippen molar-refractivity contribution in [1.82, 2.24) is 10.6 Å². The minimum Gasteiger partial charge on any atom is -0.481 e. The second-order valence-corrected chi connectivity index (χ2v) is 5.01. The highest BCUT2D eigenvalue weighted by Gasteiger charge is 2.37. The molecule has 1 aliphatic rings. The lowest BCUT2D eigenvalue weighted by Crippen LogP contribution is -2.53. The Morgan fingerprint density at radius 2 is 2.00 bits per heavy atom. The normalized spacial score (nSPS) is 19.2. The molecule has 0 aliphatic heterocycles. The second kappa shape index (κ2) is 6.58. The summed E-state index contributed by atoms with van der Waals surface area (Å²) in [7, 11) is 1.57. The first-order valence-corrected chi connectivity index (χ1v) is 6.27. The van der Waals surface area contributed by atoms with Crippen molar-refractivity contribution in [2.45, 2.75) is 50.6 Å². The third-order valence-electron chi connectivity index (χ3n) is 3.22. The van der Waals surface area contributed by atoms with E-state index >= 15 is 0 Å². The summed E-state index contributed by atoms with van der Waals surface area (Å²) in [6.07, 6.45) is 3.36. The van der Waals surface area contributed by atoms with Crippen LogP contribution in [0, 0.1) is 0 Å². The maximum absolute atomic E-state index is 11.8. The maximum atomic E-state index is 11.8. The van der Waals surface area contributed by atoms with Crippen molar-refractivity contribution in [3.8, 4) is 0 Å². The van der Waals surface area contributed by atoms with Gasteiger partial charge < -0.3 is 20.5 Å². The van der Waals surface area contributed by atoms with Gasteiger partial charge in [-0.05, 0) is 19.8 Å². The molecule has 0 aromatic heterocycles. The highest BCUT2D eigenvalue weighted by atomic mass is 16.5. The molecule has 0 bridgehead atoms. The van der Waals surface area contributed by atoms with E-state index in [4.69, 9.17) is 9.84 Å². The molecule has 1 atom stereocenters. The number of carbonyl (C=O) groups is 2. The average molecular weight is 258 g/mol. The molecule has 2 amide bonds. The van der Waals surface area contributed by atoms with Crippen LogP contribution in [-0.2, 0) is 9.53 Å². The summed E-state index contributed by atoms with van der Waals surface area (Å²) in [4.78, 5) is 22.7. The van der Waals surface area contributed by atoms with Gasteiger partial charge in [-0.1, -0.05) is 12.8 Å². The van der Waals surface area contributed by atoms with Crippen LogP contribution < -0.4 is 10.6 Å². The van der Waals surface area contributed by atoms with Crippen molar-refractivity contribution in [3.05, 3.63) is 0 Å². The van der Waals surface area contributed by atoms with Crippen LogP contribution in [0.2, 0.25) is 0 Å². The minimum atomic E-state index is -0.873. The van der Waals surface area contributed by atoms with Gasteiger partial charge in [0.25, 0.3) is 0 Å². The molecule has 0 heterocycles. The fourth-order valence-electron chi connectivity index (χ4n) is 2.48. The second-order valence-electron chi connectivity index (χ2n) is 5.01. The Balaban J connectivity index is 2.50. The molecule has 0 aromatic carbocycles. The molecule has 1 fully saturated rings. The van der Waals surface area contributed by atoms with Crippen LogP contribution in [0.15, 0.2) is 0 Å². The molecule has 104 valence electrons. The van der Waals surface area contributed by atoms with E-state index in [1.54, 1.807) is 7.11 Å². The van der Waals surface area contributed by atoms with Gasteiger partial charge in [-0.2, -0.15) is 0 Å². The van der Waals surface area contributed by atoms with E-state index in [0.717, 1.165) is 25.7 Å². The summed E-state index contributed by atoms with van der Waals surface area (Å²) in [5.74, 6) is -0.873. The van der Waals surface area contributed by atoms with Gasteiger partial charge in [-0.15, -0.1) is 0 Å². The lowest BCUT2D eigenvalue weighted by atomic mass is 9.93. The number of carboxylic acids is 1. The third kappa shape index (κ3) is 4.52. The molecular weight excluding hydrogens is 236 g/mol. The number of hydrogen-bond acceptors (Lipinski definition) is 3. The number of urea groups is 1. The monoisotopic (exact) mass is 258 g/mol. The Labute approximate surface area is 107 Å². The average Bonchev–Trinajstić information content (AvgIpc) is 2.64. The van der Waals surface area contributed by atoms with Crippen LogP contribution in [0.5, 0.6) is 0 Å². The van der Waals surface area contributed by atoms with Crippen LogP contribution in [-0.4, -0.2) is 42.4 Å². The number of methoxy groups -OCH3 is 1. The lowest BCUT2D eigenvalue weighted by molar-refractivity contribution is -0.138. The van der Waals surface area contributed by atoms with E-state index < -0.39 is 11.5 Å². The minimum absolute atomic E-state index is 0.0148. The van der Waals surface area contributed by atoms with Gasteiger partial charge in [0.15, 0.2) is 0 Å². The molecule has 1 unspecified atom stereocenters. The molecule has 1 saturated carbocycles. The summed E-state index contributed by atoms with van der Waals surface area (Å²) in [5.41, 5.74) is -0.581. The zero-order valence-corrected chi connectivity index (χ0v) is 11.0. The van der Waals surface area contributed by atoms with E-state index in [9.17, 15) is 9.59 Å². The highest BCUT2D eigenvalue weighted by molar-refractivity contribution is 5.77. The van der Waals surface area contributed by atoms with Crippen LogP contribution >= 0.6 is 0 Å². The number of aliphatic carboxylic acids is 1. The summed E-state index contributed by atoms with van der Waals surface area (Å²) in [5, 5.41) is 14.5. The number of carboxylic acid groups (broad SMARTS) is 1. The van der Waals surface area contributed by atoms with Crippen LogP contribution in [0.3, 0.4) is 0 Å². The van der Waals surface area contributed by atoms with E-state index in [0.29, 0.717) is 6.61 Å². The van der Waals surface area contributed by atoms with Crippen molar-refractivity contribution in [2.75, 3.05) is 13.7 Å². The fourth-order valence-corrected chi connectivity index (χ4v) is 2.48. The molecular formula is C12H22N2O4. The molecule has 0 saturated heterocycles.